The molecule has 102 valence electrons. The molecule has 0 saturated carbocycles. The van der Waals surface area contributed by atoms with Crippen LogP contribution >= 0.6 is 11.6 Å². The summed E-state index contributed by atoms with van der Waals surface area (Å²) in [5.41, 5.74) is 1.72. The first-order valence-electron chi connectivity index (χ1n) is 6.02. The lowest BCUT2D eigenvalue weighted by atomic mass is 10.2. The molecule has 0 aliphatic heterocycles. The Bertz CT molecular complexity index is 618. The Labute approximate surface area is 122 Å². The number of benzene rings is 2. The second-order valence-corrected chi connectivity index (χ2v) is 4.56. The Morgan fingerprint density at radius 2 is 1.85 bits per heavy atom. The van der Waals surface area contributed by atoms with E-state index < -0.39 is 5.97 Å². The van der Waals surface area contributed by atoms with Crippen molar-refractivity contribution < 1.29 is 14.6 Å². The van der Waals surface area contributed by atoms with Gasteiger partial charge in [-0.3, -0.25) is 0 Å². The minimum Gasteiger partial charge on any atom is -0.488 e. The summed E-state index contributed by atoms with van der Waals surface area (Å²) in [4.78, 5) is 10.6. The lowest BCUT2D eigenvalue weighted by Crippen LogP contribution is -1.97. The van der Waals surface area contributed by atoms with Crippen molar-refractivity contribution in [2.24, 2.45) is 0 Å². The minimum absolute atomic E-state index is 0.398. The number of hydrogen-bond donors (Lipinski definition) is 1. The zero-order valence-corrected chi connectivity index (χ0v) is 11.4. The highest BCUT2D eigenvalue weighted by Gasteiger charge is 2.01. The van der Waals surface area contributed by atoms with E-state index in [0.29, 0.717) is 17.4 Å². The third-order valence-corrected chi connectivity index (χ3v) is 2.88. The largest absolute Gasteiger partial charge is 0.488 e. The Hall–Kier alpha value is -2.26. The average Bonchev–Trinajstić information content (AvgIpc) is 2.45. The molecule has 3 nitrogen and oxygen atoms in total. The van der Waals surface area contributed by atoms with Crippen LogP contribution in [0.5, 0.6) is 5.75 Å². The molecule has 0 atom stereocenters. The first-order chi connectivity index (χ1) is 9.65. The van der Waals surface area contributed by atoms with Gasteiger partial charge in [0, 0.05) is 16.7 Å². The van der Waals surface area contributed by atoms with Crippen LogP contribution in [0.1, 0.15) is 11.1 Å². The van der Waals surface area contributed by atoms with Crippen molar-refractivity contribution in [2.75, 3.05) is 0 Å². The van der Waals surface area contributed by atoms with Crippen LogP contribution in [0.4, 0.5) is 0 Å². The van der Waals surface area contributed by atoms with E-state index >= 15 is 0 Å². The number of rotatable bonds is 5. The smallest absolute Gasteiger partial charge is 0.328 e. The maximum atomic E-state index is 10.6. The van der Waals surface area contributed by atoms with Gasteiger partial charge in [0.15, 0.2) is 0 Å². The molecule has 0 saturated heterocycles. The summed E-state index contributed by atoms with van der Waals surface area (Å²) in [5, 5.41) is 9.34. The van der Waals surface area contributed by atoms with Crippen LogP contribution < -0.4 is 4.74 Å². The number of ether oxygens (including phenoxy) is 1. The summed E-state index contributed by atoms with van der Waals surface area (Å²) in [6, 6.07) is 14.7. The first-order valence-corrected chi connectivity index (χ1v) is 6.40. The van der Waals surface area contributed by atoms with Gasteiger partial charge in [0.25, 0.3) is 0 Å². The Morgan fingerprint density at radius 3 is 2.55 bits per heavy atom. The van der Waals surface area contributed by atoms with Crippen molar-refractivity contribution in [3.63, 3.8) is 0 Å². The summed E-state index contributed by atoms with van der Waals surface area (Å²) in [6.45, 7) is 0.398. The van der Waals surface area contributed by atoms with E-state index in [0.717, 1.165) is 17.2 Å². The van der Waals surface area contributed by atoms with E-state index in [1.165, 1.54) is 6.08 Å². The van der Waals surface area contributed by atoms with E-state index in [2.05, 4.69) is 0 Å². The first kappa shape index (κ1) is 14.2. The van der Waals surface area contributed by atoms with Gasteiger partial charge < -0.3 is 9.84 Å². The molecule has 0 aliphatic rings. The van der Waals surface area contributed by atoms with Crippen molar-refractivity contribution in [1.29, 1.82) is 0 Å². The molecule has 0 bridgehead atoms. The van der Waals surface area contributed by atoms with Crippen LogP contribution in [0.15, 0.2) is 54.6 Å². The van der Waals surface area contributed by atoms with Gasteiger partial charge >= 0.3 is 5.97 Å². The van der Waals surface area contributed by atoms with Gasteiger partial charge in [0.2, 0.25) is 0 Å². The molecular formula is C16H13ClO3. The van der Waals surface area contributed by atoms with Crippen LogP contribution in [-0.4, -0.2) is 11.1 Å². The molecule has 0 amide bonds. The number of carboxylic acid groups (broad SMARTS) is 1. The van der Waals surface area contributed by atoms with Gasteiger partial charge in [-0.2, -0.15) is 0 Å². The minimum atomic E-state index is -0.988. The molecule has 0 spiro atoms. The summed E-state index contributed by atoms with van der Waals surface area (Å²) in [7, 11) is 0. The van der Waals surface area contributed by atoms with E-state index in [1.807, 2.05) is 24.3 Å². The molecular weight excluding hydrogens is 276 g/mol. The van der Waals surface area contributed by atoms with E-state index in [4.69, 9.17) is 21.4 Å². The third kappa shape index (κ3) is 4.14. The van der Waals surface area contributed by atoms with Crippen molar-refractivity contribution in [2.45, 2.75) is 6.61 Å². The molecule has 0 radical (unpaired) electrons. The predicted molar refractivity (Wildman–Crippen MR) is 78.9 cm³/mol. The topological polar surface area (TPSA) is 46.5 Å². The highest BCUT2D eigenvalue weighted by molar-refractivity contribution is 6.30. The van der Waals surface area contributed by atoms with E-state index in [-0.39, 0.29) is 0 Å². The van der Waals surface area contributed by atoms with Gasteiger partial charge in [-0.05, 0) is 29.8 Å². The number of halogens is 1. The fourth-order valence-electron chi connectivity index (χ4n) is 1.65. The Balaban J connectivity index is 2.09. The van der Waals surface area contributed by atoms with Crippen LogP contribution in [0.2, 0.25) is 5.02 Å². The Morgan fingerprint density at radius 1 is 1.15 bits per heavy atom. The van der Waals surface area contributed by atoms with Crippen LogP contribution in [0, 0.1) is 0 Å². The molecule has 0 aliphatic carbocycles. The fraction of sp³-hybridized carbons (Fsp3) is 0.0625. The molecule has 2 aromatic rings. The maximum Gasteiger partial charge on any atom is 0.328 e. The van der Waals surface area contributed by atoms with Crippen molar-refractivity contribution in [3.05, 3.63) is 70.8 Å². The maximum absolute atomic E-state index is 10.6. The average molecular weight is 289 g/mol. The number of carboxylic acids is 1. The fourth-order valence-corrected chi connectivity index (χ4v) is 1.78. The molecule has 2 aromatic carbocycles. The highest BCUT2D eigenvalue weighted by atomic mass is 35.5. The summed E-state index contributed by atoms with van der Waals surface area (Å²) >= 11 is 5.82. The quantitative estimate of drug-likeness (QED) is 0.845. The lowest BCUT2D eigenvalue weighted by Gasteiger charge is -2.09. The van der Waals surface area contributed by atoms with Gasteiger partial charge in [-0.25, -0.2) is 4.79 Å². The summed E-state index contributed by atoms with van der Waals surface area (Å²) < 4.78 is 5.71. The van der Waals surface area contributed by atoms with Gasteiger partial charge in [-0.1, -0.05) is 41.9 Å². The predicted octanol–water partition coefficient (Wildman–Crippen LogP) is 4.02. The molecule has 20 heavy (non-hydrogen) atoms. The zero-order valence-electron chi connectivity index (χ0n) is 10.6. The van der Waals surface area contributed by atoms with E-state index in [1.54, 1.807) is 24.3 Å². The normalized spacial score (nSPS) is 10.7. The van der Waals surface area contributed by atoms with Crippen LogP contribution in [-0.2, 0) is 11.4 Å². The Kier molecular flexibility index (Phi) is 4.80. The number of para-hydroxylation sites is 1. The van der Waals surface area contributed by atoms with Crippen molar-refractivity contribution in [1.82, 2.24) is 0 Å². The number of aliphatic carboxylic acids is 1. The summed E-state index contributed by atoms with van der Waals surface area (Å²) in [5.74, 6) is -0.350. The molecule has 1 N–H and O–H groups in total. The molecule has 0 unspecified atom stereocenters. The monoisotopic (exact) mass is 288 g/mol. The molecule has 0 heterocycles. The standard InChI is InChI=1S/C16H13ClO3/c17-14-8-5-12(6-9-14)11-20-15-4-2-1-3-13(15)7-10-16(18)19/h1-10H,11H2,(H,18,19)/b10-7+. The van der Waals surface area contributed by atoms with Crippen molar-refractivity contribution in [3.8, 4) is 5.75 Å². The van der Waals surface area contributed by atoms with Crippen molar-refractivity contribution >= 4 is 23.6 Å². The second kappa shape index (κ2) is 6.78. The molecule has 2 rings (SSSR count). The number of hydrogen-bond acceptors (Lipinski definition) is 2. The lowest BCUT2D eigenvalue weighted by molar-refractivity contribution is -0.131. The number of carbonyl (C=O) groups is 1. The van der Waals surface area contributed by atoms with Gasteiger partial charge in [0.1, 0.15) is 12.4 Å². The SMILES string of the molecule is O=C(O)/C=C/c1ccccc1OCc1ccc(Cl)cc1. The zero-order chi connectivity index (χ0) is 14.4. The highest BCUT2D eigenvalue weighted by Crippen LogP contribution is 2.21. The van der Waals surface area contributed by atoms with Crippen LogP contribution in [0.3, 0.4) is 0 Å². The van der Waals surface area contributed by atoms with Gasteiger partial charge in [0.05, 0.1) is 0 Å². The van der Waals surface area contributed by atoms with Crippen LogP contribution in [0.25, 0.3) is 6.08 Å². The molecule has 0 fully saturated rings. The second-order valence-electron chi connectivity index (χ2n) is 4.12. The summed E-state index contributed by atoms with van der Waals surface area (Å²) in [6.07, 6.45) is 2.60. The molecule has 0 aromatic heterocycles. The van der Waals surface area contributed by atoms with E-state index in [9.17, 15) is 4.79 Å². The molecule has 4 heteroatoms. The third-order valence-electron chi connectivity index (χ3n) is 2.63. The van der Waals surface area contributed by atoms with Gasteiger partial charge in [-0.15, -0.1) is 0 Å².